The van der Waals surface area contributed by atoms with Crippen molar-refractivity contribution in [1.82, 2.24) is 4.98 Å². The van der Waals surface area contributed by atoms with Crippen LogP contribution in [0.25, 0.3) is 0 Å². The third kappa shape index (κ3) is 2.29. The Kier molecular flexibility index (Phi) is 4.17. The Hall–Kier alpha value is -1.24. The van der Waals surface area contributed by atoms with Crippen molar-refractivity contribution in [2.24, 2.45) is 0 Å². The molecule has 16 heavy (non-hydrogen) atoms. The van der Waals surface area contributed by atoms with Crippen LogP contribution < -0.4 is 4.74 Å². The molecule has 0 amide bonds. The van der Waals surface area contributed by atoms with Gasteiger partial charge in [-0.3, -0.25) is 4.98 Å². The third-order valence-electron chi connectivity index (χ3n) is 1.82. The lowest BCUT2D eigenvalue weighted by Gasteiger charge is -2.12. The zero-order valence-corrected chi connectivity index (χ0v) is 10.0. The molecule has 0 saturated carbocycles. The minimum absolute atomic E-state index is 0.102. The Morgan fingerprint density at radius 3 is 2.56 bits per heavy atom. The summed E-state index contributed by atoms with van der Waals surface area (Å²) in [5, 5.41) is 0. The number of carbonyl (C=O) groups is 1. The molecule has 1 aromatic rings. The Balaban J connectivity index is 3.44. The first kappa shape index (κ1) is 12.8. The number of aromatic nitrogens is 1. The van der Waals surface area contributed by atoms with Gasteiger partial charge in [0.15, 0.2) is 5.75 Å². The minimum Gasteiger partial charge on any atom is -0.494 e. The van der Waals surface area contributed by atoms with Gasteiger partial charge in [-0.05, 0) is 15.9 Å². The van der Waals surface area contributed by atoms with Gasteiger partial charge in [-0.25, -0.2) is 13.6 Å². The standard InChI is InChI=1S/C9H8BrF2NO3/c1-15-7-5(9(14)16-2)4(10)3-13-6(7)8(11)12/h3,8H,1-2H3. The molecule has 0 aliphatic carbocycles. The lowest BCUT2D eigenvalue weighted by molar-refractivity contribution is 0.0594. The van der Waals surface area contributed by atoms with Crippen LogP contribution in [0.5, 0.6) is 5.75 Å². The molecule has 0 aliphatic heterocycles. The summed E-state index contributed by atoms with van der Waals surface area (Å²) in [6.45, 7) is 0. The quantitative estimate of drug-likeness (QED) is 0.804. The maximum Gasteiger partial charge on any atom is 0.342 e. The maximum absolute atomic E-state index is 12.6. The number of methoxy groups -OCH3 is 2. The number of carbonyl (C=O) groups excluding carboxylic acids is 1. The van der Waals surface area contributed by atoms with Crippen LogP contribution in [-0.4, -0.2) is 25.2 Å². The fourth-order valence-corrected chi connectivity index (χ4v) is 1.58. The van der Waals surface area contributed by atoms with Crippen LogP contribution >= 0.6 is 15.9 Å². The number of halogens is 3. The second-order valence-electron chi connectivity index (χ2n) is 2.69. The molecule has 1 rings (SSSR count). The lowest BCUT2D eigenvalue weighted by Crippen LogP contribution is -2.09. The summed E-state index contributed by atoms with van der Waals surface area (Å²) in [5.41, 5.74) is -0.693. The fraction of sp³-hybridized carbons (Fsp3) is 0.333. The van der Waals surface area contributed by atoms with Gasteiger partial charge >= 0.3 is 5.97 Å². The van der Waals surface area contributed by atoms with Crippen molar-refractivity contribution in [2.75, 3.05) is 14.2 Å². The summed E-state index contributed by atoms with van der Waals surface area (Å²) in [6, 6.07) is 0. The molecule has 0 radical (unpaired) electrons. The normalized spacial score (nSPS) is 10.4. The van der Waals surface area contributed by atoms with Gasteiger partial charge in [0.1, 0.15) is 11.3 Å². The van der Waals surface area contributed by atoms with Gasteiger partial charge in [0, 0.05) is 6.20 Å². The summed E-state index contributed by atoms with van der Waals surface area (Å²) >= 11 is 3.02. The van der Waals surface area contributed by atoms with Crippen molar-refractivity contribution in [1.29, 1.82) is 0 Å². The fourth-order valence-electron chi connectivity index (χ4n) is 1.14. The average molecular weight is 296 g/mol. The zero-order chi connectivity index (χ0) is 12.3. The van der Waals surface area contributed by atoms with E-state index < -0.39 is 18.1 Å². The first-order chi connectivity index (χ1) is 7.52. The highest BCUT2D eigenvalue weighted by Crippen LogP contribution is 2.34. The van der Waals surface area contributed by atoms with E-state index >= 15 is 0 Å². The molecule has 0 fully saturated rings. The van der Waals surface area contributed by atoms with Gasteiger partial charge < -0.3 is 9.47 Å². The average Bonchev–Trinajstić information content (AvgIpc) is 2.26. The van der Waals surface area contributed by atoms with Crippen LogP contribution in [0.3, 0.4) is 0 Å². The number of nitrogens with zero attached hydrogens (tertiary/aromatic N) is 1. The number of hydrogen-bond acceptors (Lipinski definition) is 4. The van der Waals surface area contributed by atoms with Crippen LogP contribution in [0.15, 0.2) is 10.7 Å². The van der Waals surface area contributed by atoms with E-state index in [-0.39, 0.29) is 15.8 Å². The summed E-state index contributed by atoms with van der Waals surface area (Å²) in [7, 11) is 2.33. The Bertz CT molecular complexity index is 412. The highest BCUT2D eigenvalue weighted by Gasteiger charge is 2.25. The van der Waals surface area contributed by atoms with E-state index in [0.717, 1.165) is 13.3 Å². The van der Waals surface area contributed by atoms with Crippen molar-refractivity contribution in [3.05, 3.63) is 21.9 Å². The molecule has 1 aromatic heterocycles. The molecule has 1 heterocycles. The zero-order valence-electron chi connectivity index (χ0n) is 8.46. The molecule has 0 N–H and O–H groups in total. The van der Waals surface area contributed by atoms with Crippen molar-refractivity contribution < 1.29 is 23.0 Å². The predicted molar refractivity (Wildman–Crippen MR) is 54.8 cm³/mol. The highest BCUT2D eigenvalue weighted by atomic mass is 79.9. The molecule has 0 aromatic carbocycles. The van der Waals surface area contributed by atoms with E-state index in [9.17, 15) is 13.6 Å². The van der Waals surface area contributed by atoms with Gasteiger partial charge in [0.05, 0.1) is 18.7 Å². The Morgan fingerprint density at radius 2 is 2.12 bits per heavy atom. The number of hydrogen-bond donors (Lipinski definition) is 0. The molecule has 0 spiro atoms. The van der Waals surface area contributed by atoms with Crippen molar-refractivity contribution >= 4 is 21.9 Å². The van der Waals surface area contributed by atoms with E-state index in [1.54, 1.807) is 0 Å². The molecule has 88 valence electrons. The van der Waals surface area contributed by atoms with E-state index in [1.807, 2.05) is 0 Å². The topological polar surface area (TPSA) is 48.4 Å². The predicted octanol–water partition coefficient (Wildman–Crippen LogP) is 2.58. The molecule has 0 bridgehead atoms. The first-order valence-electron chi connectivity index (χ1n) is 4.11. The molecule has 0 aliphatic rings. The highest BCUT2D eigenvalue weighted by molar-refractivity contribution is 9.10. The molecule has 0 atom stereocenters. The monoisotopic (exact) mass is 295 g/mol. The Morgan fingerprint density at radius 1 is 1.50 bits per heavy atom. The van der Waals surface area contributed by atoms with E-state index in [0.29, 0.717) is 0 Å². The van der Waals surface area contributed by atoms with Crippen LogP contribution in [0, 0.1) is 0 Å². The van der Waals surface area contributed by atoms with Crippen molar-refractivity contribution in [3.63, 3.8) is 0 Å². The van der Waals surface area contributed by atoms with Crippen LogP contribution in [-0.2, 0) is 4.74 Å². The number of alkyl halides is 2. The van der Waals surface area contributed by atoms with E-state index in [4.69, 9.17) is 4.74 Å². The lowest BCUT2D eigenvalue weighted by atomic mass is 10.2. The SMILES string of the molecule is COC(=O)c1c(Br)cnc(C(F)F)c1OC. The van der Waals surface area contributed by atoms with Gasteiger partial charge in [-0.1, -0.05) is 0 Å². The van der Waals surface area contributed by atoms with Gasteiger partial charge in [-0.2, -0.15) is 0 Å². The first-order valence-corrected chi connectivity index (χ1v) is 4.91. The van der Waals surface area contributed by atoms with Gasteiger partial charge in [0.25, 0.3) is 6.43 Å². The largest absolute Gasteiger partial charge is 0.494 e. The number of rotatable bonds is 3. The molecular formula is C9H8BrF2NO3. The molecule has 4 nitrogen and oxygen atoms in total. The molecule has 0 saturated heterocycles. The molecular weight excluding hydrogens is 288 g/mol. The minimum atomic E-state index is -2.83. The van der Waals surface area contributed by atoms with Crippen LogP contribution in [0.2, 0.25) is 0 Å². The maximum atomic E-state index is 12.6. The summed E-state index contributed by atoms with van der Waals surface area (Å²) < 4.78 is 34.6. The third-order valence-corrected chi connectivity index (χ3v) is 2.42. The number of ether oxygens (including phenoxy) is 2. The smallest absolute Gasteiger partial charge is 0.342 e. The summed E-state index contributed by atoms with van der Waals surface area (Å²) in [5.74, 6) is -1.05. The van der Waals surface area contributed by atoms with Crippen molar-refractivity contribution in [3.8, 4) is 5.75 Å². The molecule has 0 unspecified atom stereocenters. The van der Waals surface area contributed by atoms with Gasteiger partial charge in [0.2, 0.25) is 0 Å². The number of esters is 1. The summed E-state index contributed by atoms with van der Waals surface area (Å²) in [6.07, 6.45) is -1.72. The van der Waals surface area contributed by atoms with E-state index in [1.165, 1.54) is 7.11 Å². The molecule has 7 heteroatoms. The second-order valence-corrected chi connectivity index (χ2v) is 3.55. The van der Waals surface area contributed by atoms with Crippen LogP contribution in [0.1, 0.15) is 22.5 Å². The van der Waals surface area contributed by atoms with Crippen molar-refractivity contribution in [2.45, 2.75) is 6.43 Å². The van der Waals surface area contributed by atoms with Crippen LogP contribution in [0.4, 0.5) is 8.78 Å². The number of pyridine rings is 1. The van der Waals surface area contributed by atoms with E-state index in [2.05, 4.69) is 25.7 Å². The second kappa shape index (κ2) is 5.20. The Labute approximate surface area is 98.7 Å². The summed E-state index contributed by atoms with van der Waals surface area (Å²) in [4.78, 5) is 14.9. The van der Waals surface area contributed by atoms with Gasteiger partial charge in [-0.15, -0.1) is 0 Å².